The van der Waals surface area contributed by atoms with Gasteiger partial charge in [-0.05, 0) is 18.2 Å². The molecule has 7 heteroatoms. The van der Waals surface area contributed by atoms with Crippen molar-refractivity contribution in [1.29, 1.82) is 0 Å². The van der Waals surface area contributed by atoms with Crippen LogP contribution < -0.4 is 10.9 Å². The minimum absolute atomic E-state index is 0.242. The van der Waals surface area contributed by atoms with Crippen molar-refractivity contribution in [1.82, 2.24) is 15.2 Å². The van der Waals surface area contributed by atoms with Crippen LogP contribution in [0.1, 0.15) is 0 Å². The average Bonchev–Trinajstić information content (AvgIpc) is 2.24. The lowest BCUT2D eigenvalue weighted by Crippen LogP contribution is -2.10. The van der Waals surface area contributed by atoms with E-state index in [0.29, 0.717) is 15.7 Å². The molecule has 0 amide bonds. The first-order valence-corrected chi connectivity index (χ1v) is 5.05. The number of benzene rings is 1. The summed E-state index contributed by atoms with van der Waals surface area (Å²) in [5, 5.41) is 10.9. The van der Waals surface area contributed by atoms with E-state index in [1.807, 2.05) is 0 Å². The molecule has 1 heterocycles. The van der Waals surface area contributed by atoms with Gasteiger partial charge in [-0.1, -0.05) is 23.2 Å². The summed E-state index contributed by atoms with van der Waals surface area (Å²) in [6.45, 7) is 0. The quantitative estimate of drug-likeness (QED) is 0.865. The van der Waals surface area contributed by atoms with Crippen molar-refractivity contribution in [3.8, 4) is 0 Å². The van der Waals surface area contributed by atoms with Gasteiger partial charge >= 0.3 is 0 Å². The zero-order valence-corrected chi connectivity index (χ0v) is 9.38. The molecule has 2 aromatic rings. The third-order valence-corrected chi connectivity index (χ3v) is 2.50. The molecule has 0 saturated heterocycles. The second-order valence-electron chi connectivity index (χ2n) is 2.94. The number of rotatable bonds is 2. The summed E-state index contributed by atoms with van der Waals surface area (Å²) in [4.78, 5) is 13.4. The molecule has 2 rings (SSSR count). The van der Waals surface area contributed by atoms with Crippen molar-refractivity contribution in [3.05, 3.63) is 44.8 Å². The third kappa shape index (κ3) is 2.50. The van der Waals surface area contributed by atoms with Crippen molar-refractivity contribution in [2.75, 3.05) is 5.32 Å². The molecule has 1 aromatic heterocycles. The number of nitrogens with one attached hydrogen (secondary N) is 2. The molecule has 1 aromatic carbocycles. The van der Waals surface area contributed by atoms with E-state index in [1.165, 1.54) is 0 Å². The highest BCUT2D eigenvalue weighted by Crippen LogP contribution is 2.25. The number of nitrogens with zero attached hydrogens (tertiary/aromatic N) is 2. The fraction of sp³-hybridized carbons (Fsp3) is 0. The molecule has 0 spiro atoms. The van der Waals surface area contributed by atoms with Crippen molar-refractivity contribution in [2.24, 2.45) is 0 Å². The zero-order valence-electron chi connectivity index (χ0n) is 7.87. The van der Waals surface area contributed by atoms with E-state index < -0.39 is 0 Å². The normalized spacial score (nSPS) is 10.1. The van der Waals surface area contributed by atoms with Gasteiger partial charge in [0.1, 0.15) is 6.20 Å². The highest BCUT2D eigenvalue weighted by atomic mass is 35.5. The third-order valence-electron chi connectivity index (χ3n) is 1.76. The Hall–Kier alpha value is -1.59. The molecule has 0 unspecified atom stereocenters. The van der Waals surface area contributed by atoms with E-state index in [9.17, 15) is 4.79 Å². The number of aromatic nitrogens is 3. The van der Waals surface area contributed by atoms with Crippen LogP contribution in [0.25, 0.3) is 0 Å². The first kappa shape index (κ1) is 10.9. The van der Waals surface area contributed by atoms with Crippen LogP contribution in [-0.2, 0) is 0 Å². The molecule has 0 atom stereocenters. The highest BCUT2D eigenvalue weighted by Gasteiger charge is 2.01. The number of halogens is 2. The average molecular weight is 257 g/mol. The molecular formula is C9H6Cl2N4O. The molecule has 16 heavy (non-hydrogen) atoms. The minimum atomic E-state index is -0.336. The molecule has 5 nitrogen and oxygen atoms in total. The molecule has 0 fully saturated rings. The first-order valence-electron chi connectivity index (χ1n) is 4.29. The number of anilines is 2. The van der Waals surface area contributed by atoms with Gasteiger partial charge in [-0.15, -0.1) is 10.2 Å². The zero-order chi connectivity index (χ0) is 11.5. The Morgan fingerprint density at radius 1 is 1.25 bits per heavy atom. The number of hydrogen-bond acceptors (Lipinski definition) is 4. The van der Waals surface area contributed by atoms with Gasteiger partial charge in [0.15, 0.2) is 0 Å². The van der Waals surface area contributed by atoms with E-state index in [4.69, 9.17) is 23.2 Å². The van der Waals surface area contributed by atoms with Crippen LogP contribution in [0.3, 0.4) is 0 Å². The number of aromatic amines is 1. The van der Waals surface area contributed by atoms with Crippen LogP contribution in [-0.4, -0.2) is 15.2 Å². The Kier molecular flexibility index (Phi) is 3.07. The van der Waals surface area contributed by atoms with Gasteiger partial charge in [0.2, 0.25) is 5.95 Å². The van der Waals surface area contributed by atoms with Gasteiger partial charge in [0.05, 0.1) is 10.0 Å². The fourth-order valence-corrected chi connectivity index (χ4v) is 1.38. The summed E-state index contributed by atoms with van der Waals surface area (Å²) in [6, 6.07) is 4.97. The molecule has 0 radical (unpaired) electrons. The maximum Gasteiger partial charge on any atom is 0.271 e. The molecule has 82 valence electrons. The van der Waals surface area contributed by atoms with Gasteiger partial charge in [0, 0.05) is 5.69 Å². The Labute approximate surface area is 100 Å². The molecule has 0 aliphatic carbocycles. The summed E-state index contributed by atoms with van der Waals surface area (Å²) < 4.78 is 0. The predicted octanol–water partition coefficient (Wildman–Crippen LogP) is 2.22. The van der Waals surface area contributed by atoms with E-state index in [1.54, 1.807) is 18.2 Å². The summed E-state index contributed by atoms with van der Waals surface area (Å²) >= 11 is 11.6. The minimum Gasteiger partial charge on any atom is -0.324 e. The Morgan fingerprint density at radius 3 is 2.75 bits per heavy atom. The first-order chi connectivity index (χ1) is 7.65. The smallest absolute Gasteiger partial charge is 0.271 e. The lowest BCUT2D eigenvalue weighted by atomic mass is 10.3. The predicted molar refractivity (Wildman–Crippen MR) is 62.4 cm³/mol. The molecule has 0 saturated carbocycles. The molecular weight excluding hydrogens is 251 g/mol. The van der Waals surface area contributed by atoms with E-state index in [2.05, 4.69) is 20.5 Å². The van der Waals surface area contributed by atoms with E-state index in [-0.39, 0.29) is 11.5 Å². The summed E-state index contributed by atoms with van der Waals surface area (Å²) in [7, 11) is 0. The van der Waals surface area contributed by atoms with Gasteiger partial charge < -0.3 is 5.32 Å². The molecule has 2 N–H and O–H groups in total. The molecule has 0 aliphatic heterocycles. The van der Waals surface area contributed by atoms with E-state index >= 15 is 0 Å². The standard InChI is InChI=1S/C9H6Cl2N4O/c10-6-2-1-5(3-7(6)11)13-9-14-8(16)4-12-15-9/h1-4H,(H2,13,14,15,16). The largest absolute Gasteiger partial charge is 0.324 e. The van der Waals surface area contributed by atoms with Crippen molar-refractivity contribution in [3.63, 3.8) is 0 Å². The van der Waals surface area contributed by atoms with Crippen molar-refractivity contribution < 1.29 is 0 Å². The Morgan fingerprint density at radius 2 is 2.06 bits per heavy atom. The second kappa shape index (κ2) is 4.51. The SMILES string of the molecule is O=c1cnnc(Nc2ccc(Cl)c(Cl)c2)[nH]1. The summed E-state index contributed by atoms with van der Waals surface area (Å²) in [5.74, 6) is 0.242. The van der Waals surface area contributed by atoms with Crippen LogP contribution in [0.4, 0.5) is 11.6 Å². The fourth-order valence-electron chi connectivity index (χ4n) is 1.08. The number of hydrogen-bond donors (Lipinski definition) is 2. The van der Waals surface area contributed by atoms with Crippen molar-refractivity contribution in [2.45, 2.75) is 0 Å². The van der Waals surface area contributed by atoms with Crippen LogP contribution in [0.15, 0.2) is 29.2 Å². The monoisotopic (exact) mass is 256 g/mol. The Bertz CT molecular complexity index is 569. The summed E-state index contributed by atoms with van der Waals surface area (Å²) in [6.07, 6.45) is 1.08. The van der Waals surface area contributed by atoms with Crippen LogP contribution >= 0.6 is 23.2 Å². The Balaban J connectivity index is 2.27. The lowest BCUT2D eigenvalue weighted by molar-refractivity contribution is 0.954. The van der Waals surface area contributed by atoms with Gasteiger partial charge in [-0.2, -0.15) is 0 Å². The van der Waals surface area contributed by atoms with E-state index in [0.717, 1.165) is 6.20 Å². The topological polar surface area (TPSA) is 70.7 Å². The lowest BCUT2D eigenvalue weighted by Gasteiger charge is -2.04. The number of H-pyrrole nitrogens is 1. The van der Waals surface area contributed by atoms with Crippen LogP contribution in [0.2, 0.25) is 10.0 Å². The van der Waals surface area contributed by atoms with Gasteiger partial charge in [0.25, 0.3) is 5.56 Å². The molecule has 0 bridgehead atoms. The second-order valence-corrected chi connectivity index (χ2v) is 3.75. The van der Waals surface area contributed by atoms with Gasteiger partial charge in [-0.3, -0.25) is 9.78 Å². The van der Waals surface area contributed by atoms with Crippen molar-refractivity contribution >= 4 is 34.8 Å². The molecule has 0 aliphatic rings. The van der Waals surface area contributed by atoms with Crippen LogP contribution in [0, 0.1) is 0 Å². The maximum atomic E-state index is 11.0. The van der Waals surface area contributed by atoms with Gasteiger partial charge in [-0.25, -0.2) is 0 Å². The van der Waals surface area contributed by atoms with Crippen LogP contribution in [0.5, 0.6) is 0 Å². The summed E-state index contributed by atoms with van der Waals surface area (Å²) in [5.41, 5.74) is 0.322. The maximum absolute atomic E-state index is 11.0. The highest BCUT2D eigenvalue weighted by molar-refractivity contribution is 6.42.